The number of rotatable bonds is 3. The van der Waals surface area contributed by atoms with Gasteiger partial charge in [-0.1, -0.05) is 30.3 Å². The van der Waals surface area contributed by atoms with Crippen LogP contribution in [0, 0.1) is 6.92 Å². The molecule has 0 bridgehead atoms. The first kappa shape index (κ1) is 18.2. The quantitative estimate of drug-likeness (QED) is 0.764. The summed E-state index contributed by atoms with van der Waals surface area (Å²) in [6.07, 6.45) is 1.25. The van der Waals surface area contributed by atoms with Gasteiger partial charge in [-0.3, -0.25) is 9.59 Å². The van der Waals surface area contributed by atoms with E-state index in [1.807, 2.05) is 61.0 Å². The average Bonchev–Trinajstić information content (AvgIpc) is 2.87. The number of fused-ring (bicyclic) bond motifs is 1. The molecule has 28 heavy (non-hydrogen) atoms. The molecule has 2 amide bonds. The summed E-state index contributed by atoms with van der Waals surface area (Å²) in [7, 11) is 1.94. The SMILES string of the molecule is Cc1nc2ccc(C(=O)N3CCCNC(=O)C3Cc3ccccc3)cc2n1C. The van der Waals surface area contributed by atoms with E-state index < -0.39 is 6.04 Å². The molecule has 1 aliphatic rings. The normalized spacial score (nSPS) is 17.4. The minimum Gasteiger partial charge on any atom is -0.354 e. The maximum Gasteiger partial charge on any atom is 0.254 e. The zero-order valence-corrected chi connectivity index (χ0v) is 16.2. The highest BCUT2D eigenvalue weighted by atomic mass is 16.2. The maximum atomic E-state index is 13.4. The van der Waals surface area contributed by atoms with Crippen molar-refractivity contribution in [3.05, 3.63) is 65.5 Å². The monoisotopic (exact) mass is 376 g/mol. The molecule has 1 aliphatic heterocycles. The molecule has 6 heteroatoms. The van der Waals surface area contributed by atoms with Crippen LogP contribution in [0.4, 0.5) is 0 Å². The van der Waals surface area contributed by atoms with E-state index in [9.17, 15) is 9.59 Å². The summed E-state index contributed by atoms with van der Waals surface area (Å²) in [5.74, 6) is 0.696. The highest BCUT2D eigenvalue weighted by Crippen LogP contribution is 2.20. The number of carbonyl (C=O) groups excluding carboxylic acids is 2. The largest absolute Gasteiger partial charge is 0.354 e. The van der Waals surface area contributed by atoms with Gasteiger partial charge in [0.1, 0.15) is 11.9 Å². The zero-order valence-electron chi connectivity index (χ0n) is 16.2. The van der Waals surface area contributed by atoms with Crippen molar-refractivity contribution in [1.82, 2.24) is 19.8 Å². The number of nitrogens with one attached hydrogen (secondary N) is 1. The number of hydrogen-bond donors (Lipinski definition) is 1. The first-order valence-electron chi connectivity index (χ1n) is 9.60. The van der Waals surface area contributed by atoms with Gasteiger partial charge in [-0.05, 0) is 37.1 Å². The molecule has 1 saturated heterocycles. The standard InChI is InChI=1S/C22H24N4O2/c1-15-24-18-10-9-17(14-19(18)25(15)2)22(28)26-12-6-11-23-21(27)20(26)13-16-7-4-3-5-8-16/h3-5,7-10,14,20H,6,11-13H2,1-2H3,(H,23,27). The Labute approximate surface area is 164 Å². The van der Waals surface area contributed by atoms with E-state index in [1.54, 1.807) is 11.0 Å². The predicted octanol–water partition coefficient (Wildman–Crippen LogP) is 2.46. The molecule has 4 rings (SSSR count). The van der Waals surface area contributed by atoms with Crippen molar-refractivity contribution < 1.29 is 9.59 Å². The van der Waals surface area contributed by atoms with Crippen LogP contribution in [-0.4, -0.2) is 45.4 Å². The van der Waals surface area contributed by atoms with E-state index >= 15 is 0 Å². The molecule has 1 fully saturated rings. The van der Waals surface area contributed by atoms with E-state index in [-0.39, 0.29) is 11.8 Å². The third kappa shape index (κ3) is 3.38. The number of amides is 2. The molecule has 0 aliphatic carbocycles. The van der Waals surface area contributed by atoms with Gasteiger partial charge in [0, 0.05) is 32.1 Å². The second kappa shape index (κ2) is 7.46. The summed E-state index contributed by atoms with van der Waals surface area (Å²) in [6, 6.07) is 14.9. The minimum absolute atomic E-state index is 0.0906. The molecule has 1 atom stereocenters. The lowest BCUT2D eigenvalue weighted by Gasteiger charge is -2.28. The minimum atomic E-state index is -0.513. The number of aromatic nitrogens is 2. The molecule has 3 aromatic rings. The highest BCUT2D eigenvalue weighted by Gasteiger charge is 2.32. The Morgan fingerprint density at radius 1 is 1.21 bits per heavy atom. The lowest BCUT2D eigenvalue weighted by Crippen LogP contribution is -2.48. The highest BCUT2D eigenvalue weighted by molar-refractivity contribution is 6.00. The van der Waals surface area contributed by atoms with Gasteiger partial charge in [0.05, 0.1) is 11.0 Å². The molecule has 1 unspecified atom stereocenters. The van der Waals surface area contributed by atoms with Gasteiger partial charge in [-0.15, -0.1) is 0 Å². The Bertz CT molecular complexity index is 1030. The topological polar surface area (TPSA) is 67.2 Å². The van der Waals surface area contributed by atoms with Crippen molar-refractivity contribution in [2.75, 3.05) is 13.1 Å². The summed E-state index contributed by atoms with van der Waals surface area (Å²) in [5.41, 5.74) is 3.41. The van der Waals surface area contributed by atoms with Gasteiger partial charge in [-0.25, -0.2) is 4.98 Å². The second-order valence-corrected chi connectivity index (χ2v) is 7.27. The third-order valence-electron chi connectivity index (χ3n) is 5.44. The van der Waals surface area contributed by atoms with Crippen LogP contribution in [0.5, 0.6) is 0 Å². The fourth-order valence-electron chi connectivity index (χ4n) is 3.77. The molecule has 1 N–H and O–H groups in total. The van der Waals surface area contributed by atoms with Gasteiger partial charge in [0.25, 0.3) is 5.91 Å². The Hall–Kier alpha value is -3.15. The number of benzene rings is 2. The summed E-state index contributed by atoms with van der Waals surface area (Å²) < 4.78 is 1.97. The lowest BCUT2D eigenvalue weighted by molar-refractivity contribution is -0.124. The molecule has 6 nitrogen and oxygen atoms in total. The van der Waals surface area contributed by atoms with Crippen molar-refractivity contribution in [3.63, 3.8) is 0 Å². The number of carbonyl (C=O) groups is 2. The molecule has 1 aromatic heterocycles. The molecule has 2 heterocycles. The third-order valence-corrected chi connectivity index (χ3v) is 5.44. The smallest absolute Gasteiger partial charge is 0.254 e. The molecule has 0 saturated carbocycles. The first-order chi connectivity index (χ1) is 13.5. The van der Waals surface area contributed by atoms with Gasteiger partial charge >= 0.3 is 0 Å². The van der Waals surface area contributed by atoms with Crippen molar-refractivity contribution in [2.24, 2.45) is 7.05 Å². The van der Waals surface area contributed by atoms with Crippen LogP contribution >= 0.6 is 0 Å². The molecule has 0 spiro atoms. The Morgan fingerprint density at radius 2 is 2.00 bits per heavy atom. The maximum absolute atomic E-state index is 13.4. The van der Waals surface area contributed by atoms with E-state index in [0.717, 1.165) is 28.8 Å². The second-order valence-electron chi connectivity index (χ2n) is 7.27. The van der Waals surface area contributed by atoms with Crippen molar-refractivity contribution >= 4 is 22.8 Å². The summed E-state index contributed by atoms with van der Waals surface area (Å²) in [6.45, 7) is 3.09. The van der Waals surface area contributed by atoms with Gasteiger partial charge in [-0.2, -0.15) is 0 Å². The van der Waals surface area contributed by atoms with Crippen LogP contribution in [0.15, 0.2) is 48.5 Å². The van der Waals surface area contributed by atoms with Crippen LogP contribution in [0.2, 0.25) is 0 Å². The number of nitrogens with zero attached hydrogens (tertiary/aromatic N) is 3. The molecular formula is C22H24N4O2. The predicted molar refractivity (Wildman–Crippen MR) is 108 cm³/mol. The van der Waals surface area contributed by atoms with Crippen LogP contribution in [0.1, 0.15) is 28.2 Å². The molecule has 2 aromatic carbocycles. The zero-order chi connectivity index (χ0) is 19.7. The lowest BCUT2D eigenvalue weighted by atomic mass is 10.0. The average molecular weight is 376 g/mol. The van der Waals surface area contributed by atoms with Gasteiger partial charge in [0.2, 0.25) is 5.91 Å². The van der Waals surface area contributed by atoms with Gasteiger partial charge in [0.15, 0.2) is 0 Å². The Kier molecular flexibility index (Phi) is 4.86. The number of hydrogen-bond acceptors (Lipinski definition) is 3. The fourth-order valence-corrected chi connectivity index (χ4v) is 3.77. The van der Waals surface area contributed by atoms with Crippen LogP contribution < -0.4 is 5.32 Å². The summed E-state index contributed by atoms with van der Waals surface area (Å²) in [4.78, 5) is 32.3. The summed E-state index contributed by atoms with van der Waals surface area (Å²) in [5, 5.41) is 2.95. The van der Waals surface area contributed by atoms with Crippen LogP contribution in [-0.2, 0) is 18.3 Å². The summed E-state index contributed by atoms with van der Waals surface area (Å²) >= 11 is 0. The Balaban J connectivity index is 1.68. The fraction of sp³-hybridized carbons (Fsp3) is 0.318. The van der Waals surface area contributed by atoms with Crippen LogP contribution in [0.3, 0.4) is 0 Å². The first-order valence-corrected chi connectivity index (χ1v) is 9.60. The van der Waals surface area contributed by atoms with E-state index in [1.165, 1.54) is 0 Å². The van der Waals surface area contributed by atoms with Crippen LogP contribution in [0.25, 0.3) is 11.0 Å². The molecule has 0 radical (unpaired) electrons. The van der Waals surface area contributed by atoms with Crippen molar-refractivity contribution in [3.8, 4) is 0 Å². The number of aryl methyl sites for hydroxylation is 2. The van der Waals surface area contributed by atoms with E-state index in [2.05, 4.69) is 10.3 Å². The van der Waals surface area contributed by atoms with Crippen molar-refractivity contribution in [2.45, 2.75) is 25.8 Å². The van der Waals surface area contributed by atoms with Gasteiger partial charge < -0.3 is 14.8 Å². The van der Waals surface area contributed by atoms with E-state index in [0.29, 0.717) is 25.1 Å². The van der Waals surface area contributed by atoms with Crippen molar-refractivity contribution in [1.29, 1.82) is 0 Å². The van der Waals surface area contributed by atoms with E-state index in [4.69, 9.17) is 0 Å². The number of imidazole rings is 1. The molecule has 144 valence electrons. The Morgan fingerprint density at radius 3 is 2.79 bits per heavy atom. The molecular weight excluding hydrogens is 352 g/mol.